The lowest BCUT2D eigenvalue weighted by Gasteiger charge is -2.08. The van der Waals surface area contributed by atoms with Crippen LogP contribution in [0.3, 0.4) is 0 Å². The van der Waals surface area contributed by atoms with Crippen molar-refractivity contribution < 1.29 is 13.9 Å². The Kier molecular flexibility index (Phi) is 5.82. The van der Waals surface area contributed by atoms with Gasteiger partial charge in [-0.25, -0.2) is 4.39 Å². The molecule has 0 radical (unpaired) electrons. The van der Waals surface area contributed by atoms with Crippen LogP contribution in [0.2, 0.25) is 0 Å². The molecule has 0 fully saturated rings. The van der Waals surface area contributed by atoms with Gasteiger partial charge in [-0.1, -0.05) is 12.1 Å². The van der Waals surface area contributed by atoms with E-state index in [1.165, 1.54) is 7.11 Å². The summed E-state index contributed by atoms with van der Waals surface area (Å²) in [6.07, 6.45) is 0. The standard InChI is InChI=1S/C12H18FNO2/c1-3-16-8-7-14-9-10-5-4-6-11(15-2)12(10)13/h4-6,14H,3,7-9H2,1-2H3. The SMILES string of the molecule is CCOCCNCc1cccc(OC)c1F. The molecule has 0 aromatic heterocycles. The van der Waals surface area contributed by atoms with E-state index in [0.29, 0.717) is 31.9 Å². The molecule has 1 aromatic carbocycles. The fourth-order valence-corrected chi connectivity index (χ4v) is 1.36. The molecular formula is C12H18FNO2. The van der Waals surface area contributed by atoms with Gasteiger partial charge in [0.15, 0.2) is 11.6 Å². The number of hydrogen-bond acceptors (Lipinski definition) is 3. The van der Waals surface area contributed by atoms with Crippen LogP contribution in [0, 0.1) is 5.82 Å². The normalized spacial score (nSPS) is 10.4. The van der Waals surface area contributed by atoms with Gasteiger partial charge in [-0.15, -0.1) is 0 Å². The molecule has 0 spiro atoms. The van der Waals surface area contributed by atoms with E-state index in [1.54, 1.807) is 18.2 Å². The maximum Gasteiger partial charge on any atom is 0.169 e. The quantitative estimate of drug-likeness (QED) is 0.722. The molecule has 0 atom stereocenters. The van der Waals surface area contributed by atoms with Gasteiger partial charge in [0.05, 0.1) is 13.7 Å². The Hall–Kier alpha value is -1.13. The molecule has 16 heavy (non-hydrogen) atoms. The van der Waals surface area contributed by atoms with Crippen LogP contribution in [-0.4, -0.2) is 26.9 Å². The Morgan fingerprint density at radius 3 is 2.88 bits per heavy atom. The highest BCUT2D eigenvalue weighted by atomic mass is 19.1. The molecule has 1 aromatic rings. The lowest BCUT2D eigenvalue weighted by atomic mass is 10.2. The molecule has 0 amide bonds. The van der Waals surface area contributed by atoms with E-state index in [4.69, 9.17) is 9.47 Å². The number of ether oxygens (including phenoxy) is 2. The first-order valence-corrected chi connectivity index (χ1v) is 5.39. The Balaban J connectivity index is 2.41. The van der Waals surface area contributed by atoms with E-state index in [1.807, 2.05) is 6.92 Å². The van der Waals surface area contributed by atoms with Crippen LogP contribution in [0.5, 0.6) is 5.75 Å². The van der Waals surface area contributed by atoms with Gasteiger partial charge in [-0.05, 0) is 13.0 Å². The van der Waals surface area contributed by atoms with E-state index >= 15 is 0 Å². The van der Waals surface area contributed by atoms with Crippen LogP contribution in [0.4, 0.5) is 4.39 Å². The number of methoxy groups -OCH3 is 1. The molecule has 0 bridgehead atoms. The summed E-state index contributed by atoms with van der Waals surface area (Å²) in [7, 11) is 1.46. The van der Waals surface area contributed by atoms with Crippen molar-refractivity contribution in [2.45, 2.75) is 13.5 Å². The van der Waals surface area contributed by atoms with Crippen LogP contribution in [0.25, 0.3) is 0 Å². The number of hydrogen-bond donors (Lipinski definition) is 1. The third kappa shape index (κ3) is 3.79. The van der Waals surface area contributed by atoms with Gasteiger partial charge in [0.25, 0.3) is 0 Å². The summed E-state index contributed by atoms with van der Waals surface area (Å²) >= 11 is 0. The van der Waals surface area contributed by atoms with Gasteiger partial charge in [-0.3, -0.25) is 0 Å². The van der Waals surface area contributed by atoms with Crippen LogP contribution in [0.1, 0.15) is 12.5 Å². The van der Waals surface area contributed by atoms with E-state index in [-0.39, 0.29) is 11.6 Å². The van der Waals surface area contributed by atoms with E-state index in [0.717, 1.165) is 0 Å². The Morgan fingerprint density at radius 2 is 2.19 bits per heavy atom. The van der Waals surface area contributed by atoms with Crippen molar-refractivity contribution in [3.05, 3.63) is 29.6 Å². The van der Waals surface area contributed by atoms with Crippen molar-refractivity contribution in [3.63, 3.8) is 0 Å². The van der Waals surface area contributed by atoms with E-state index < -0.39 is 0 Å². The molecule has 0 heterocycles. The van der Waals surface area contributed by atoms with Gasteiger partial charge in [0, 0.05) is 25.3 Å². The highest BCUT2D eigenvalue weighted by molar-refractivity contribution is 5.30. The maximum atomic E-state index is 13.7. The minimum atomic E-state index is -0.297. The fraction of sp³-hybridized carbons (Fsp3) is 0.500. The van der Waals surface area contributed by atoms with Gasteiger partial charge in [0.1, 0.15) is 0 Å². The number of rotatable bonds is 7. The van der Waals surface area contributed by atoms with Gasteiger partial charge in [-0.2, -0.15) is 0 Å². The average Bonchev–Trinajstić information content (AvgIpc) is 2.31. The monoisotopic (exact) mass is 227 g/mol. The molecule has 3 nitrogen and oxygen atoms in total. The lowest BCUT2D eigenvalue weighted by molar-refractivity contribution is 0.149. The average molecular weight is 227 g/mol. The van der Waals surface area contributed by atoms with Gasteiger partial charge < -0.3 is 14.8 Å². The Bertz CT molecular complexity index is 318. The zero-order valence-electron chi connectivity index (χ0n) is 9.75. The van der Waals surface area contributed by atoms with E-state index in [9.17, 15) is 4.39 Å². The lowest BCUT2D eigenvalue weighted by Crippen LogP contribution is -2.19. The van der Waals surface area contributed by atoms with Crippen LogP contribution >= 0.6 is 0 Å². The van der Waals surface area contributed by atoms with Crippen LogP contribution in [0.15, 0.2) is 18.2 Å². The molecule has 0 unspecified atom stereocenters. The molecule has 1 rings (SSSR count). The van der Waals surface area contributed by atoms with Crippen molar-refractivity contribution in [2.24, 2.45) is 0 Å². The first-order valence-electron chi connectivity index (χ1n) is 5.39. The highest BCUT2D eigenvalue weighted by Gasteiger charge is 2.06. The van der Waals surface area contributed by atoms with Crippen LogP contribution < -0.4 is 10.1 Å². The fourth-order valence-electron chi connectivity index (χ4n) is 1.36. The predicted molar refractivity (Wildman–Crippen MR) is 61.2 cm³/mol. The molecule has 0 aliphatic rings. The summed E-state index contributed by atoms with van der Waals surface area (Å²) in [6, 6.07) is 5.13. The molecule has 0 saturated heterocycles. The second-order valence-electron chi connectivity index (χ2n) is 3.31. The molecule has 4 heteroatoms. The predicted octanol–water partition coefficient (Wildman–Crippen LogP) is 1.96. The smallest absolute Gasteiger partial charge is 0.169 e. The van der Waals surface area contributed by atoms with E-state index in [2.05, 4.69) is 5.32 Å². The van der Waals surface area contributed by atoms with Crippen molar-refractivity contribution >= 4 is 0 Å². The number of nitrogens with one attached hydrogen (secondary N) is 1. The van der Waals surface area contributed by atoms with Gasteiger partial charge >= 0.3 is 0 Å². The first-order chi connectivity index (χ1) is 7.79. The summed E-state index contributed by atoms with van der Waals surface area (Å²) in [5.74, 6) is -0.0157. The third-order valence-electron chi connectivity index (χ3n) is 2.21. The summed E-state index contributed by atoms with van der Waals surface area (Å²) < 4.78 is 23.7. The molecule has 90 valence electrons. The van der Waals surface area contributed by atoms with Crippen LogP contribution in [-0.2, 0) is 11.3 Å². The molecule has 0 saturated carbocycles. The zero-order chi connectivity index (χ0) is 11.8. The summed E-state index contributed by atoms with van der Waals surface area (Å²) in [5, 5.41) is 3.11. The van der Waals surface area contributed by atoms with Crippen molar-refractivity contribution in [1.29, 1.82) is 0 Å². The molecule has 1 N–H and O–H groups in total. The minimum Gasteiger partial charge on any atom is -0.494 e. The second kappa shape index (κ2) is 7.19. The number of benzene rings is 1. The Labute approximate surface area is 95.6 Å². The largest absolute Gasteiger partial charge is 0.494 e. The van der Waals surface area contributed by atoms with Crippen molar-refractivity contribution in [3.8, 4) is 5.75 Å². The Morgan fingerprint density at radius 1 is 1.38 bits per heavy atom. The molecule has 0 aliphatic carbocycles. The molecule has 0 aliphatic heterocycles. The maximum absolute atomic E-state index is 13.7. The highest BCUT2D eigenvalue weighted by Crippen LogP contribution is 2.19. The zero-order valence-corrected chi connectivity index (χ0v) is 9.75. The molecular weight excluding hydrogens is 209 g/mol. The second-order valence-corrected chi connectivity index (χ2v) is 3.31. The minimum absolute atomic E-state index is 0.282. The van der Waals surface area contributed by atoms with Gasteiger partial charge in [0.2, 0.25) is 0 Å². The van der Waals surface area contributed by atoms with Crippen molar-refractivity contribution in [1.82, 2.24) is 5.32 Å². The topological polar surface area (TPSA) is 30.5 Å². The summed E-state index contributed by atoms with van der Waals surface area (Å²) in [5.41, 5.74) is 0.607. The first kappa shape index (κ1) is 12.9. The van der Waals surface area contributed by atoms with Crippen molar-refractivity contribution in [2.75, 3.05) is 26.9 Å². The summed E-state index contributed by atoms with van der Waals surface area (Å²) in [6.45, 7) is 4.49. The third-order valence-corrected chi connectivity index (χ3v) is 2.21. The summed E-state index contributed by atoms with van der Waals surface area (Å²) in [4.78, 5) is 0. The number of halogens is 1.